The highest BCUT2D eigenvalue weighted by molar-refractivity contribution is 6.38. The number of fused-ring (bicyclic) bond motifs is 3. The number of pyridine rings is 1. The van der Waals surface area contributed by atoms with E-state index in [2.05, 4.69) is 21.4 Å². The van der Waals surface area contributed by atoms with Crippen molar-refractivity contribution < 1.29 is 18.5 Å². The summed E-state index contributed by atoms with van der Waals surface area (Å²) in [5.41, 5.74) is 2.95. The van der Waals surface area contributed by atoms with Gasteiger partial charge < -0.3 is 18.5 Å². The van der Waals surface area contributed by atoms with Crippen LogP contribution in [0.15, 0.2) is 39.6 Å². The first-order chi connectivity index (χ1) is 19.9. The van der Waals surface area contributed by atoms with Gasteiger partial charge in [0.15, 0.2) is 0 Å². The zero-order valence-electron chi connectivity index (χ0n) is 22.5. The van der Waals surface area contributed by atoms with Crippen LogP contribution in [-0.4, -0.2) is 33.0 Å². The van der Waals surface area contributed by atoms with Gasteiger partial charge in [-0.15, -0.1) is 0 Å². The number of benzene rings is 1. The minimum Gasteiger partial charge on any atom is -0.495 e. The molecule has 9 nitrogen and oxygen atoms in total. The molecule has 0 amide bonds. The maximum Gasteiger partial charge on any atom is 0.233 e. The van der Waals surface area contributed by atoms with Crippen LogP contribution in [0.3, 0.4) is 0 Å². The average Bonchev–Trinajstić information content (AvgIpc) is 3.56. The molecule has 3 aromatic heterocycles. The first-order valence-electron chi connectivity index (χ1n) is 13.8. The van der Waals surface area contributed by atoms with E-state index in [-0.39, 0.29) is 11.0 Å². The van der Waals surface area contributed by atoms with E-state index in [1.807, 2.05) is 6.07 Å². The fourth-order valence-corrected chi connectivity index (χ4v) is 6.91. The molecule has 11 heteroatoms. The fraction of sp³-hybridized carbons (Fsp3) is 0.433. The Labute approximate surface area is 246 Å². The Morgan fingerprint density at radius 3 is 2.41 bits per heavy atom. The lowest BCUT2D eigenvalue weighted by Crippen LogP contribution is -2.49. The monoisotopic (exact) mass is 591 g/mol. The van der Waals surface area contributed by atoms with Crippen molar-refractivity contribution in [1.29, 1.82) is 5.26 Å². The molecule has 2 bridgehead atoms. The topological polar surface area (TPSA) is 120 Å². The summed E-state index contributed by atoms with van der Waals surface area (Å²) in [5, 5.41) is 19.0. The van der Waals surface area contributed by atoms with Crippen LogP contribution in [0.2, 0.25) is 10.0 Å². The molecule has 4 fully saturated rings. The molecule has 1 aromatic carbocycles. The van der Waals surface area contributed by atoms with Crippen LogP contribution in [-0.2, 0) is 16.8 Å². The van der Waals surface area contributed by atoms with Crippen LogP contribution < -0.4 is 4.74 Å². The summed E-state index contributed by atoms with van der Waals surface area (Å²) >= 11 is 13.0. The second kappa shape index (κ2) is 10.1. The van der Waals surface area contributed by atoms with Gasteiger partial charge in [-0.3, -0.25) is 4.98 Å². The standard InChI is InChI=1S/C30H27Cl2N5O4/c1-38-23-5-4-18(12-19(23)13-33)27-35-28(41-37-27)29-6-9-30(10-7-29,11-8-29)39-16-20-25(36-40-26(20)17-2-3-17)24-21(31)14-34-15-22(24)32/h4-5,12,14-15,17H,2-3,6-11,16H2,1H3. The van der Waals surface area contributed by atoms with Crippen molar-refractivity contribution in [2.45, 2.75) is 74.9 Å². The zero-order valence-corrected chi connectivity index (χ0v) is 24.0. The van der Waals surface area contributed by atoms with Crippen LogP contribution in [0.4, 0.5) is 0 Å². The summed E-state index contributed by atoms with van der Waals surface area (Å²) in [7, 11) is 1.54. The molecule has 4 aliphatic rings. The van der Waals surface area contributed by atoms with Crippen LogP contribution in [0.5, 0.6) is 5.75 Å². The van der Waals surface area contributed by atoms with Crippen molar-refractivity contribution in [2.24, 2.45) is 0 Å². The van der Waals surface area contributed by atoms with E-state index in [0.29, 0.717) is 56.9 Å². The van der Waals surface area contributed by atoms with Gasteiger partial charge in [0.05, 0.1) is 40.3 Å². The summed E-state index contributed by atoms with van der Waals surface area (Å²) in [4.78, 5) is 8.87. The van der Waals surface area contributed by atoms with Gasteiger partial charge >= 0.3 is 0 Å². The summed E-state index contributed by atoms with van der Waals surface area (Å²) in [6.45, 7) is 0.385. The highest BCUT2D eigenvalue weighted by atomic mass is 35.5. The smallest absolute Gasteiger partial charge is 0.233 e. The second-order valence-corrected chi connectivity index (χ2v) is 12.1. The number of nitriles is 1. The Morgan fingerprint density at radius 1 is 1.02 bits per heavy atom. The number of hydrogen-bond acceptors (Lipinski definition) is 9. The quantitative estimate of drug-likeness (QED) is 0.206. The van der Waals surface area contributed by atoms with Gasteiger partial charge in [0.25, 0.3) is 0 Å². The number of hydrogen-bond donors (Lipinski definition) is 0. The van der Waals surface area contributed by atoms with Crippen molar-refractivity contribution in [2.75, 3.05) is 7.11 Å². The van der Waals surface area contributed by atoms with Gasteiger partial charge in [-0.25, -0.2) is 0 Å². The number of rotatable bonds is 8. The third-order valence-corrected chi connectivity index (χ3v) is 9.59. The van der Waals surface area contributed by atoms with E-state index < -0.39 is 0 Å². The van der Waals surface area contributed by atoms with Crippen molar-refractivity contribution in [1.82, 2.24) is 20.3 Å². The van der Waals surface area contributed by atoms with Gasteiger partial charge in [-0.05, 0) is 69.6 Å². The Bertz CT molecular complexity index is 1630. The molecule has 0 unspecified atom stereocenters. The minimum atomic E-state index is -0.233. The normalized spacial score (nSPS) is 23.5. The van der Waals surface area contributed by atoms with Gasteiger partial charge in [-0.2, -0.15) is 10.2 Å². The lowest BCUT2D eigenvalue weighted by molar-refractivity contribution is -0.130. The minimum absolute atomic E-state index is 0.166. The molecule has 0 N–H and O–H groups in total. The average molecular weight is 592 g/mol. The molecular weight excluding hydrogens is 565 g/mol. The molecule has 210 valence electrons. The Morgan fingerprint density at radius 2 is 1.76 bits per heavy atom. The molecule has 0 aliphatic heterocycles. The molecule has 4 aliphatic carbocycles. The van der Waals surface area contributed by atoms with E-state index in [4.69, 9.17) is 46.7 Å². The largest absolute Gasteiger partial charge is 0.495 e. The van der Waals surface area contributed by atoms with Crippen LogP contribution in [0.25, 0.3) is 22.6 Å². The Kier molecular flexibility index (Phi) is 6.53. The highest BCUT2D eigenvalue weighted by Gasteiger charge is 2.53. The molecule has 0 atom stereocenters. The number of halogens is 2. The third-order valence-electron chi connectivity index (χ3n) is 9.01. The van der Waals surface area contributed by atoms with Crippen LogP contribution in [0, 0.1) is 11.3 Å². The predicted octanol–water partition coefficient (Wildman–Crippen LogP) is 7.41. The maximum atomic E-state index is 9.46. The number of aromatic nitrogens is 4. The van der Waals surface area contributed by atoms with Crippen molar-refractivity contribution in [3.63, 3.8) is 0 Å². The van der Waals surface area contributed by atoms with Crippen molar-refractivity contribution in [3.05, 3.63) is 63.4 Å². The fourth-order valence-electron chi connectivity index (χ4n) is 6.37. The summed E-state index contributed by atoms with van der Waals surface area (Å²) < 4.78 is 23.7. The van der Waals surface area contributed by atoms with E-state index >= 15 is 0 Å². The second-order valence-electron chi connectivity index (χ2n) is 11.3. The van der Waals surface area contributed by atoms with Gasteiger partial charge in [0.1, 0.15) is 23.3 Å². The molecule has 0 radical (unpaired) electrons. The summed E-state index contributed by atoms with van der Waals surface area (Å²) in [6, 6.07) is 7.48. The van der Waals surface area contributed by atoms with E-state index in [0.717, 1.165) is 68.3 Å². The molecule has 0 spiro atoms. The molecule has 3 heterocycles. The van der Waals surface area contributed by atoms with Gasteiger partial charge in [0.2, 0.25) is 11.7 Å². The third kappa shape index (κ3) is 4.58. The van der Waals surface area contributed by atoms with Crippen LogP contribution >= 0.6 is 23.2 Å². The highest BCUT2D eigenvalue weighted by Crippen LogP contribution is 2.55. The lowest BCUT2D eigenvalue weighted by atomic mass is 9.58. The van der Waals surface area contributed by atoms with Crippen molar-refractivity contribution >= 4 is 23.2 Å². The van der Waals surface area contributed by atoms with Crippen LogP contribution in [0.1, 0.15) is 80.1 Å². The number of ether oxygens (including phenoxy) is 2. The Hall–Kier alpha value is -3.45. The van der Waals surface area contributed by atoms with Crippen molar-refractivity contribution in [3.8, 4) is 34.5 Å². The van der Waals surface area contributed by atoms with Gasteiger partial charge in [-0.1, -0.05) is 33.5 Å². The lowest BCUT2D eigenvalue weighted by Gasteiger charge is -2.51. The molecule has 4 aromatic rings. The maximum absolute atomic E-state index is 9.46. The summed E-state index contributed by atoms with van der Waals surface area (Å²) in [6.07, 6.45) is 10.7. The SMILES string of the molecule is COc1ccc(-c2noc(C34CCC(OCc5c(-c6c(Cl)cncc6Cl)noc5C5CC5)(CC3)CC4)n2)cc1C#N. The van der Waals surface area contributed by atoms with E-state index in [1.165, 1.54) is 0 Å². The first-order valence-corrected chi connectivity index (χ1v) is 14.5. The van der Waals surface area contributed by atoms with Gasteiger partial charge in [0, 0.05) is 35.0 Å². The van der Waals surface area contributed by atoms with E-state index in [1.54, 1.807) is 31.6 Å². The molecule has 0 saturated heterocycles. The zero-order chi connectivity index (χ0) is 28.2. The van der Waals surface area contributed by atoms with E-state index in [9.17, 15) is 5.26 Å². The first kappa shape index (κ1) is 26.4. The number of nitrogens with zero attached hydrogens (tertiary/aromatic N) is 5. The molecule has 4 saturated carbocycles. The molecule has 41 heavy (non-hydrogen) atoms. The molecule has 8 rings (SSSR count). The summed E-state index contributed by atoms with van der Waals surface area (Å²) in [5.74, 6) is 2.89. The molecular formula is C30H27Cl2N5O4. The number of methoxy groups -OCH3 is 1. The Balaban J connectivity index is 1.09. The predicted molar refractivity (Wildman–Crippen MR) is 150 cm³/mol.